The molecule has 0 aliphatic carbocycles. The van der Waals surface area contributed by atoms with Crippen LogP contribution in [0.4, 0.5) is 39.8 Å². The number of carbonyl (C=O) groups is 2. The summed E-state index contributed by atoms with van der Waals surface area (Å²) < 4.78 is 142. The van der Waals surface area contributed by atoms with E-state index in [1.54, 1.807) is 17.0 Å². The van der Waals surface area contributed by atoms with E-state index >= 15 is 0 Å². The van der Waals surface area contributed by atoms with Gasteiger partial charge in [0.05, 0.1) is 65.9 Å². The van der Waals surface area contributed by atoms with Crippen LogP contribution < -0.4 is 19.7 Å². The normalized spacial score (nSPS) is 17.6. The molecule has 22 nitrogen and oxygen atoms in total. The van der Waals surface area contributed by atoms with Crippen molar-refractivity contribution in [3.63, 3.8) is 0 Å². The Kier molecular flexibility index (Phi) is 32.9. The molecule has 0 saturated carbocycles. The molecule has 7 aromatic carbocycles. The third-order valence-electron chi connectivity index (χ3n) is 22.2. The van der Waals surface area contributed by atoms with Gasteiger partial charge < -0.3 is 39.0 Å². The van der Waals surface area contributed by atoms with Gasteiger partial charge in [-0.2, -0.15) is 22.1 Å². The summed E-state index contributed by atoms with van der Waals surface area (Å²) in [4.78, 5) is 25.3. The fourth-order valence-electron chi connectivity index (χ4n) is 15.8. The Morgan fingerprint density at radius 1 is 0.504 bits per heavy atom. The van der Waals surface area contributed by atoms with Crippen LogP contribution >= 0.6 is 0 Å². The van der Waals surface area contributed by atoms with Crippen molar-refractivity contribution in [3.8, 4) is 0 Å². The molecule has 26 heteroatoms. The minimum absolute atomic E-state index is 0. The molecule has 0 fully saturated rings. The Balaban J connectivity index is 0.000000241. The summed E-state index contributed by atoms with van der Waals surface area (Å²) in [7, 11) is -17.4. The number of nitrogens with zero attached hydrogens (tertiary/aromatic N) is 4. The number of nitrogens with one attached hydrogen (secondary N) is 2. The molecule has 4 aliphatic heterocycles. The Labute approximate surface area is 682 Å². The predicted molar refractivity (Wildman–Crippen MR) is 456 cm³/mol. The average Bonchev–Trinajstić information content (AvgIpc) is 1.59. The Morgan fingerprint density at radius 2 is 0.957 bits per heavy atom. The maximum Gasteiger partial charge on any atom is 0.303 e. The lowest BCUT2D eigenvalue weighted by atomic mass is 9.76. The van der Waals surface area contributed by atoms with Crippen LogP contribution in [0.25, 0.3) is 0 Å². The van der Waals surface area contributed by atoms with Gasteiger partial charge in [-0.05, 0) is 180 Å². The Hall–Kier alpha value is -9.09. The van der Waals surface area contributed by atoms with Crippen molar-refractivity contribution in [3.05, 3.63) is 234 Å². The third kappa shape index (κ3) is 24.1. The number of fused-ring (bicyclic) bond motifs is 4. The second-order valence-electron chi connectivity index (χ2n) is 30.6. The fraction of sp³-hybridized carbons (Fsp3) is 0.404. The molecule has 7 aromatic rings. The Morgan fingerprint density at radius 3 is 1.44 bits per heavy atom. The second-order valence-corrected chi connectivity index (χ2v) is 36.5. The predicted octanol–water partition coefficient (Wildman–Crippen LogP) is 16.0. The van der Waals surface area contributed by atoms with Gasteiger partial charge >= 0.3 is 11.9 Å². The van der Waals surface area contributed by atoms with Gasteiger partial charge in [-0.1, -0.05) is 117 Å². The highest BCUT2D eigenvalue weighted by atomic mass is 32.2. The Bertz CT molecular complexity index is 5210. The number of quaternary nitrogens is 1. The zero-order chi connectivity index (χ0) is 83.5. The smallest absolute Gasteiger partial charge is 0.303 e. The summed E-state index contributed by atoms with van der Waals surface area (Å²) in [5, 5.41) is 21.2. The molecule has 0 aromatic heterocycles. The van der Waals surface area contributed by atoms with Crippen LogP contribution in [0.5, 0.6) is 0 Å². The molecule has 115 heavy (non-hydrogen) atoms. The van der Waals surface area contributed by atoms with E-state index in [0.29, 0.717) is 70.0 Å². The molecule has 0 amide bonds. The van der Waals surface area contributed by atoms with Crippen molar-refractivity contribution in [2.24, 2.45) is 0 Å². The van der Waals surface area contributed by atoms with Gasteiger partial charge in [0.15, 0.2) is 17.1 Å². The van der Waals surface area contributed by atoms with E-state index in [9.17, 15) is 61.5 Å². The number of para-hydroxylation sites is 5. The van der Waals surface area contributed by atoms with Crippen molar-refractivity contribution >= 4 is 109 Å². The van der Waals surface area contributed by atoms with Gasteiger partial charge in [-0.25, -0.2) is 25.3 Å². The SMILES string of the molecule is C.CC1(C)C(/C=C/Nc2ccccc2)=[N+](CCCCCC(=O)O)c2ccc(S(=O)(=O)O)cc21.CC1(C)C(C=CC=C2N(c3ccccc3)c3ccccc3C2(C)CCCCS(=O)(=O)[O-])=[N+](CCCCCC(=O)O)c2ccc(S(=O)(=O)[O-])cc21.CC1=[N+](c2ccccc2)c2ccccc2C1(C)CCCCS(=O)(=O)[O-].CC[NH+](CC)CC. The number of anilines is 3. The fourth-order valence-corrected chi connectivity index (χ4v) is 17.9. The van der Waals surface area contributed by atoms with Crippen LogP contribution in [0.3, 0.4) is 0 Å². The number of carboxylic acid groups (broad SMARTS) is 2. The van der Waals surface area contributed by atoms with Crippen molar-refractivity contribution in [1.82, 2.24) is 4.58 Å². The van der Waals surface area contributed by atoms with Crippen LogP contribution in [0, 0.1) is 0 Å². The molecule has 11 rings (SSSR count). The maximum atomic E-state index is 12.0. The van der Waals surface area contributed by atoms with Crippen LogP contribution in [-0.2, 0) is 71.7 Å². The minimum atomic E-state index is -4.68. The molecule has 0 spiro atoms. The molecule has 0 bridgehead atoms. The maximum absolute atomic E-state index is 12.0. The van der Waals surface area contributed by atoms with Gasteiger partial charge in [0.25, 0.3) is 10.1 Å². The van der Waals surface area contributed by atoms with E-state index in [1.165, 1.54) is 60.9 Å². The van der Waals surface area contributed by atoms with Crippen LogP contribution in [0.1, 0.15) is 189 Å². The first-order valence-corrected chi connectivity index (χ1v) is 45.1. The number of unbranched alkanes of at least 4 members (excludes halogenated alkanes) is 6. The van der Waals surface area contributed by atoms with Crippen molar-refractivity contribution in [2.45, 2.75) is 198 Å². The highest BCUT2D eigenvalue weighted by molar-refractivity contribution is 7.86. The zero-order valence-electron chi connectivity index (χ0n) is 67.0. The van der Waals surface area contributed by atoms with Gasteiger partial charge in [0.1, 0.15) is 23.2 Å². The summed E-state index contributed by atoms with van der Waals surface area (Å²) >= 11 is 0. The summed E-state index contributed by atoms with van der Waals surface area (Å²) in [5.41, 5.74) is 13.0. The molecule has 0 radical (unpaired) electrons. The quantitative estimate of drug-likeness (QED) is 0.0142. The number of rotatable bonds is 34. The first-order chi connectivity index (χ1) is 53.8. The number of aliphatic carboxylic acids is 2. The summed E-state index contributed by atoms with van der Waals surface area (Å²) in [6.07, 6.45) is 17.6. The van der Waals surface area contributed by atoms with Crippen molar-refractivity contribution in [1.29, 1.82) is 0 Å². The molecule has 4 aliphatic rings. The topological polar surface area (TPSA) is 329 Å². The van der Waals surface area contributed by atoms with Crippen LogP contribution in [0.2, 0.25) is 0 Å². The lowest BCUT2D eigenvalue weighted by Gasteiger charge is -2.30. The molecule has 2 unspecified atom stereocenters. The van der Waals surface area contributed by atoms with E-state index in [4.69, 9.17) is 10.2 Å². The third-order valence-corrected chi connectivity index (χ3v) is 25.5. The molecular formula is C89H115N6O16S4+. The number of hydrogen-bond donors (Lipinski definition) is 5. The summed E-state index contributed by atoms with van der Waals surface area (Å²) in [5.74, 6) is -2.33. The van der Waals surface area contributed by atoms with Crippen molar-refractivity contribution < 1.29 is 85.7 Å². The van der Waals surface area contributed by atoms with Gasteiger partial charge in [0, 0.05) is 138 Å². The van der Waals surface area contributed by atoms with Crippen LogP contribution in [-0.4, -0.2) is 145 Å². The zero-order valence-corrected chi connectivity index (χ0v) is 70.3. The first-order valence-electron chi connectivity index (χ1n) is 39.1. The van der Waals surface area contributed by atoms with Gasteiger partial charge in [0.2, 0.25) is 22.7 Å². The highest BCUT2D eigenvalue weighted by Crippen LogP contribution is 2.54. The molecule has 4 heterocycles. The molecule has 2 atom stereocenters. The number of carboxylic acids is 2. The molecule has 620 valence electrons. The largest absolute Gasteiger partial charge is 0.748 e. The number of allylic oxidation sites excluding steroid dienone is 5. The van der Waals surface area contributed by atoms with Gasteiger partial charge in [-0.3, -0.25) is 14.1 Å². The van der Waals surface area contributed by atoms with E-state index in [-0.39, 0.29) is 47.6 Å². The summed E-state index contributed by atoms with van der Waals surface area (Å²) in [6, 6.07) is 55.6. The van der Waals surface area contributed by atoms with Crippen LogP contribution in [0.15, 0.2) is 222 Å². The highest BCUT2D eigenvalue weighted by Gasteiger charge is 2.49. The summed E-state index contributed by atoms with van der Waals surface area (Å²) in [6.45, 7) is 26.2. The van der Waals surface area contributed by atoms with Gasteiger partial charge in [-0.15, -0.1) is 0 Å². The standard InChI is InChI=1S/C38H44N2O8S2.C24H28N2O5S.C20H23NO3S.C6H15N.CH4/c1-37(2)31-27-29(50(46,47)48)22-23-32(31)39(25-12-5-8-21-36(41)42)34(37)19-14-20-35-38(3,24-11-13-26-49(43,44)45)30-17-9-10-18-33(30)40(35)28-15-6-4-7-16-28;1-24(2)20-17-19(32(29,30)31)12-13-21(20)26(16-8-4-7-11-23(27)28)22(24)14-15-25-18-9-5-3-6-10-18;1-16-20(2,14-8-9-15-25(22,23)24)18-12-6-7-13-19(18)21(16)17-10-4-3-5-11-17;1-4-7(5-2)6-3;/h4,6-7,9-10,14-20,22-23,27H,5,8,11-13,21,24-26H2,1-3H3,(H2-,41,42,43,44,45,46,47,48);3,5-6,9-10,12-15,17H,4,7-8,11,16H2,1-2H3,(H2,27,28,29,30,31);3-7,10-13H,8-9,14-15H2,1-2H3;4-6H2,1-3H3;1H4/p+1. The molecule has 0 saturated heterocycles. The number of hydrogen-bond acceptors (Lipinski definition) is 15. The second kappa shape index (κ2) is 40.7. The van der Waals surface area contributed by atoms with E-state index in [0.717, 1.165) is 81.6 Å². The van der Waals surface area contributed by atoms with Crippen molar-refractivity contribution in [2.75, 3.05) is 54.4 Å². The molecular weight excluding hydrogens is 1540 g/mol. The lowest BCUT2D eigenvalue weighted by molar-refractivity contribution is -0.894. The lowest BCUT2D eigenvalue weighted by Crippen LogP contribution is -3.11. The van der Waals surface area contributed by atoms with E-state index in [2.05, 4.69) is 108 Å². The van der Waals surface area contributed by atoms with E-state index < -0.39 is 74.4 Å². The monoisotopic (exact) mass is 1650 g/mol. The van der Waals surface area contributed by atoms with E-state index in [1.807, 2.05) is 155 Å². The first kappa shape index (κ1) is 93.1. The minimum Gasteiger partial charge on any atom is -0.748 e. The number of benzene rings is 7. The molecule has 5 N–H and O–H groups in total. The average molecular weight is 1650 g/mol.